The zero-order valence-corrected chi connectivity index (χ0v) is 9.99. The monoisotopic (exact) mass is 245 g/mol. The van der Waals surface area contributed by atoms with Gasteiger partial charge in [0, 0.05) is 18.7 Å². The van der Waals surface area contributed by atoms with Gasteiger partial charge in [-0.3, -0.25) is 0 Å². The van der Waals surface area contributed by atoms with Gasteiger partial charge in [-0.05, 0) is 17.3 Å². The second kappa shape index (κ2) is 5.97. The summed E-state index contributed by atoms with van der Waals surface area (Å²) in [4.78, 5) is 6.10. The molecule has 0 saturated heterocycles. The molecule has 94 valence electrons. The molecule has 0 fully saturated rings. The molecule has 18 heavy (non-hydrogen) atoms. The van der Waals surface area contributed by atoms with E-state index in [1.165, 1.54) is 0 Å². The molecule has 0 bridgehead atoms. The minimum Gasteiger partial charge on any atom is -0.395 e. The van der Waals surface area contributed by atoms with Gasteiger partial charge in [0.25, 0.3) is 11.8 Å². The van der Waals surface area contributed by atoms with E-state index in [0.29, 0.717) is 24.9 Å². The molecule has 1 aromatic heterocycles. The van der Waals surface area contributed by atoms with Crippen molar-refractivity contribution >= 4 is 5.95 Å². The topological polar surface area (TPSA) is 62.4 Å². The molecule has 1 heterocycles. The fraction of sp³-hybridized carbons (Fsp3) is 0.231. The van der Waals surface area contributed by atoms with Gasteiger partial charge in [-0.25, -0.2) is 0 Å². The molecule has 0 aliphatic rings. The number of hydrogen-bond acceptors (Lipinski definition) is 5. The quantitative estimate of drug-likeness (QED) is 0.785. The summed E-state index contributed by atoms with van der Waals surface area (Å²) in [5, 5.41) is 12.9. The summed E-state index contributed by atoms with van der Waals surface area (Å²) in [7, 11) is 0. The molecular formula is C13H15N3O2. The largest absolute Gasteiger partial charge is 0.395 e. The van der Waals surface area contributed by atoms with Crippen molar-refractivity contribution in [2.24, 2.45) is 0 Å². The Kier molecular flexibility index (Phi) is 4.09. The molecule has 0 spiro atoms. The normalized spacial score (nSPS) is 10.3. The van der Waals surface area contributed by atoms with Gasteiger partial charge in [0.2, 0.25) is 0 Å². The Morgan fingerprint density at radius 3 is 2.78 bits per heavy atom. The van der Waals surface area contributed by atoms with Crippen molar-refractivity contribution in [3.8, 4) is 11.5 Å². The average Bonchev–Trinajstić information content (AvgIpc) is 2.89. The zero-order valence-electron chi connectivity index (χ0n) is 9.99. The van der Waals surface area contributed by atoms with E-state index in [1.807, 2.05) is 30.3 Å². The first-order valence-electron chi connectivity index (χ1n) is 5.71. The van der Waals surface area contributed by atoms with E-state index >= 15 is 0 Å². The molecule has 2 aromatic rings. The summed E-state index contributed by atoms with van der Waals surface area (Å²) >= 11 is 0. The molecule has 0 amide bonds. The maximum atomic E-state index is 8.99. The van der Waals surface area contributed by atoms with Gasteiger partial charge in [-0.1, -0.05) is 24.3 Å². The van der Waals surface area contributed by atoms with Gasteiger partial charge >= 0.3 is 0 Å². The minimum absolute atomic E-state index is 0.0308. The predicted molar refractivity (Wildman–Crippen MR) is 69.2 cm³/mol. The van der Waals surface area contributed by atoms with Crippen LogP contribution in [0.25, 0.3) is 11.5 Å². The van der Waals surface area contributed by atoms with E-state index in [2.05, 4.69) is 16.7 Å². The van der Waals surface area contributed by atoms with Crippen LogP contribution in [0.4, 0.5) is 5.95 Å². The second-order valence-corrected chi connectivity index (χ2v) is 3.72. The molecular weight excluding hydrogens is 230 g/mol. The molecule has 0 aliphatic heterocycles. The Hall–Kier alpha value is -2.14. The lowest BCUT2D eigenvalue weighted by Gasteiger charge is -2.16. The molecule has 1 N–H and O–H groups in total. The molecule has 0 aliphatic carbocycles. The lowest BCUT2D eigenvalue weighted by Crippen LogP contribution is -2.27. The second-order valence-electron chi connectivity index (χ2n) is 3.72. The average molecular weight is 245 g/mol. The zero-order chi connectivity index (χ0) is 12.8. The summed E-state index contributed by atoms with van der Waals surface area (Å²) in [6.45, 7) is 4.70. The van der Waals surface area contributed by atoms with Gasteiger partial charge in [-0.15, -0.1) is 6.58 Å². The van der Waals surface area contributed by atoms with Crippen LogP contribution in [-0.2, 0) is 0 Å². The van der Waals surface area contributed by atoms with E-state index in [-0.39, 0.29) is 6.61 Å². The van der Waals surface area contributed by atoms with Crippen molar-refractivity contribution in [3.63, 3.8) is 0 Å². The van der Waals surface area contributed by atoms with Gasteiger partial charge < -0.3 is 14.5 Å². The first-order chi connectivity index (χ1) is 8.85. The van der Waals surface area contributed by atoms with Crippen LogP contribution in [0.5, 0.6) is 0 Å². The Bertz CT molecular complexity index is 496. The van der Waals surface area contributed by atoms with E-state index < -0.39 is 0 Å². The van der Waals surface area contributed by atoms with Crippen molar-refractivity contribution in [1.29, 1.82) is 0 Å². The Morgan fingerprint density at radius 1 is 1.33 bits per heavy atom. The fourth-order valence-electron chi connectivity index (χ4n) is 1.59. The minimum atomic E-state index is 0.0308. The van der Waals surface area contributed by atoms with Crippen molar-refractivity contribution in [3.05, 3.63) is 43.0 Å². The highest BCUT2D eigenvalue weighted by atomic mass is 16.5. The van der Waals surface area contributed by atoms with Crippen LogP contribution in [0.3, 0.4) is 0 Å². The highest BCUT2D eigenvalue weighted by molar-refractivity contribution is 5.54. The Morgan fingerprint density at radius 2 is 2.11 bits per heavy atom. The van der Waals surface area contributed by atoms with Crippen molar-refractivity contribution in [2.75, 3.05) is 24.6 Å². The molecule has 0 saturated carbocycles. The van der Waals surface area contributed by atoms with Crippen LogP contribution >= 0.6 is 0 Å². The summed E-state index contributed by atoms with van der Waals surface area (Å²) < 4.78 is 5.21. The Labute approximate surface area is 105 Å². The molecule has 1 aromatic carbocycles. The summed E-state index contributed by atoms with van der Waals surface area (Å²) in [5.41, 5.74) is 0.874. The molecule has 0 radical (unpaired) electrons. The van der Waals surface area contributed by atoms with Crippen LogP contribution in [0, 0.1) is 0 Å². The lowest BCUT2D eigenvalue weighted by molar-refractivity contribution is 0.301. The SMILES string of the molecule is C=CCN(CCO)c1noc(-c2ccccc2)n1. The van der Waals surface area contributed by atoms with Crippen molar-refractivity contribution < 1.29 is 9.63 Å². The summed E-state index contributed by atoms with van der Waals surface area (Å²) in [6, 6.07) is 9.56. The number of benzene rings is 1. The first-order valence-corrected chi connectivity index (χ1v) is 5.71. The number of nitrogens with zero attached hydrogens (tertiary/aromatic N) is 3. The van der Waals surface area contributed by atoms with E-state index in [4.69, 9.17) is 9.63 Å². The van der Waals surface area contributed by atoms with E-state index in [1.54, 1.807) is 11.0 Å². The molecule has 5 nitrogen and oxygen atoms in total. The van der Waals surface area contributed by atoms with Gasteiger partial charge in [0.05, 0.1) is 6.61 Å². The van der Waals surface area contributed by atoms with Crippen LogP contribution in [0.1, 0.15) is 0 Å². The van der Waals surface area contributed by atoms with Gasteiger partial charge in [0.1, 0.15) is 0 Å². The third kappa shape index (κ3) is 2.75. The Balaban J connectivity index is 2.21. The summed E-state index contributed by atoms with van der Waals surface area (Å²) in [5.74, 6) is 0.931. The van der Waals surface area contributed by atoms with Crippen LogP contribution in [-0.4, -0.2) is 34.9 Å². The third-order valence-corrected chi connectivity index (χ3v) is 2.44. The number of aliphatic hydroxyl groups is 1. The smallest absolute Gasteiger partial charge is 0.266 e. The molecule has 5 heteroatoms. The lowest BCUT2D eigenvalue weighted by atomic mass is 10.2. The molecule has 0 unspecified atom stereocenters. The molecule has 0 atom stereocenters. The number of hydrogen-bond donors (Lipinski definition) is 1. The highest BCUT2D eigenvalue weighted by Crippen LogP contribution is 2.19. The van der Waals surface area contributed by atoms with Crippen LogP contribution in [0.15, 0.2) is 47.5 Å². The van der Waals surface area contributed by atoms with E-state index in [0.717, 1.165) is 5.56 Å². The standard InChI is InChI=1S/C13H15N3O2/c1-2-8-16(9-10-17)13-14-12(18-15-13)11-6-4-3-5-7-11/h2-7,17H,1,8-10H2. The van der Waals surface area contributed by atoms with Gasteiger partial charge in [-0.2, -0.15) is 4.98 Å². The summed E-state index contributed by atoms with van der Waals surface area (Å²) in [6.07, 6.45) is 1.73. The maximum absolute atomic E-state index is 8.99. The molecule has 2 rings (SSSR count). The number of aliphatic hydroxyl groups excluding tert-OH is 1. The maximum Gasteiger partial charge on any atom is 0.266 e. The highest BCUT2D eigenvalue weighted by Gasteiger charge is 2.13. The third-order valence-electron chi connectivity index (χ3n) is 2.44. The number of rotatable bonds is 6. The first kappa shape index (κ1) is 12.3. The number of aromatic nitrogens is 2. The predicted octanol–water partition coefficient (Wildman–Crippen LogP) is 1.72. The fourth-order valence-corrected chi connectivity index (χ4v) is 1.59. The van der Waals surface area contributed by atoms with E-state index in [9.17, 15) is 0 Å². The van der Waals surface area contributed by atoms with Crippen LogP contribution in [0.2, 0.25) is 0 Å². The number of anilines is 1. The van der Waals surface area contributed by atoms with Gasteiger partial charge in [0.15, 0.2) is 0 Å². The van der Waals surface area contributed by atoms with Crippen molar-refractivity contribution in [1.82, 2.24) is 10.1 Å². The van der Waals surface area contributed by atoms with Crippen molar-refractivity contribution in [2.45, 2.75) is 0 Å². The van der Waals surface area contributed by atoms with Crippen LogP contribution < -0.4 is 4.90 Å².